The van der Waals surface area contributed by atoms with E-state index in [1.807, 2.05) is 0 Å². The van der Waals surface area contributed by atoms with E-state index in [0.29, 0.717) is 22.7 Å². The number of carbonyl (C=O) groups excluding carboxylic acids is 3. The van der Waals surface area contributed by atoms with Crippen LogP contribution in [0.1, 0.15) is 23.2 Å². The van der Waals surface area contributed by atoms with E-state index in [4.69, 9.17) is 9.47 Å². The van der Waals surface area contributed by atoms with Crippen molar-refractivity contribution < 1.29 is 23.9 Å². The Morgan fingerprint density at radius 2 is 1.83 bits per heavy atom. The Kier molecular flexibility index (Phi) is 4.46. The maximum atomic E-state index is 12.8. The molecule has 2 saturated carbocycles. The van der Waals surface area contributed by atoms with Crippen LogP contribution in [0, 0.1) is 23.7 Å². The van der Waals surface area contributed by atoms with Gasteiger partial charge in [0.25, 0.3) is 5.91 Å². The second-order valence-electron chi connectivity index (χ2n) is 8.17. The van der Waals surface area contributed by atoms with Crippen molar-refractivity contribution in [2.45, 2.75) is 18.9 Å². The Morgan fingerprint density at radius 1 is 1.03 bits per heavy atom. The fraction of sp³-hybridized carbons (Fsp3) is 0.348. The molecule has 1 saturated heterocycles. The van der Waals surface area contributed by atoms with E-state index in [1.165, 1.54) is 0 Å². The van der Waals surface area contributed by atoms with Crippen molar-refractivity contribution in [3.05, 3.63) is 54.1 Å². The lowest BCUT2D eigenvalue weighted by atomic mass is 9.79. The first-order chi connectivity index (χ1) is 14.5. The summed E-state index contributed by atoms with van der Waals surface area (Å²) in [5.74, 6) is -0.185. The lowest BCUT2D eigenvalue weighted by molar-refractivity contribution is -0.145. The zero-order valence-electron chi connectivity index (χ0n) is 16.5. The SMILES string of the molecule is COc1cccc(NC(=O)c2ccc(NC(=O)[C@@H]3[C@@H]4C[C@@H]5[C@H]3C(=O)O[C@@H]5C4)cc2)c1. The summed E-state index contributed by atoms with van der Waals surface area (Å²) in [5, 5.41) is 5.73. The standard InChI is InChI=1S/C23H22N2O5/c1-29-16-4-2-3-15(11-16)25-21(26)12-5-7-14(8-6-12)24-22(27)19-13-9-17-18(10-13)30-23(28)20(17)19/h2-8,11,13,17-20H,9-10H2,1H3,(H,24,27)(H,25,26)/t13-,17+,18-,19-,20-/m1/s1. The molecular weight excluding hydrogens is 384 g/mol. The van der Waals surface area contributed by atoms with Crippen molar-refractivity contribution in [2.24, 2.45) is 23.7 Å². The van der Waals surface area contributed by atoms with Crippen LogP contribution < -0.4 is 15.4 Å². The van der Waals surface area contributed by atoms with E-state index >= 15 is 0 Å². The maximum absolute atomic E-state index is 12.8. The number of benzene rings is 2. The molecule has 1 heterocycles. The third-order valence-corrected chi connectivity index (χ3v) is 6.53. The van der Waals surface area contributed by atoms with E-state index in [2.05, 4.69) is 10.6 Å². The molecule has 30 heavy (non-hydrogen) atoms. The van der Waals surface area contributed by atoms with Crippen LogP contribution in [0.25, 0.3) is 0 Å². The minimum absolute atomic E-state index is 0.0129. The minimum Gasteiger partial charge on any atom is -0.497 e. The number of methoxy groups -OCH3 is 1. The molecule has 7 nitrogen and oxygen atoms in total. The Morgan fingerprint density at radius 3 is 2.60 bits per heavy atom. The minimum atomic E-state index is -0.322. The van der Waals surface area contributed by atoms with Gasteiger partial charge in [0.05, 0.1) is 18.9 Å². The van der Waals surface area contributed by atoms with Crippen LogP contribution in [0.2, 0.25) is 0 Å². The lowest BCUT2D eigenvalue weighted by Crippen LogP contribution is -2.35. The molecule has 5 atom stereocenters. The predicted molar refractivity (Wildman–Crippen MR) is 109 cm³/mol. The smallest absolute Gasteiger partial charge is 0.310 e. The molecule has 5 rings (SSSR count). The molecular formula is C23H22N2O5. The molecule has 2 N–H and O–H groups in total. The number of anilines is 2. The van der Waals surface area contributed by atoms with Crippen LogP contribution in [-0.4, -0.2) is 31.0 Å². The van der Waals surface area contributed by atoms with Gasteiger partial charge in [-0.15, -0.1) is 0 Å². The molecule has 2 bridgehead atoms. The predicted octanol–water partition coefficient (Wildman–Crippen LogP) is 3.08. The van der Waals surface area contributed by atoms with Gasteiger partial charge in [-0.3, -0.25) is 14.4 Å². The number of ether oxygens (including phenoxy) is 2. The number of fused-ring (bicyclic) bond motifs is 1. The van der Waals surface area contributed by atoms with E-state index < -0.39 is 0 Å². The molecule has 3 aliphatic rings. The quantitative estimate of drug-likeness (QED) is 0.745. The van der Waals surface area contributed by atoms with Gasteiger partial charge in [-0.25, -0.2) is 0 Å². The average molecular weight is 406 g/mol. The number of hydrogen-bond donors (Lipinski definition) is 2. The number of esters is 1. The van der Waals surface area contributed by atoms with Crippen LogP contribution in [-0.2, 0) is 14.3 Å². The van der Waals surface area contributed by atoms with Crippen molar-refractivity contribution >= 4 is 29.2 Å². The molecule has 0 aromatic heterocycles. The number of nitrogens with one attached hydrogen (secondary N) is 2. The van der Waals surface area contributed by atoms with Crippen LogP contribution >= 0.6 is 0 Å². The average Bonchev–Trinajstić information content (AvgIpc) is 3.37. The molecule has 0 unspecified atom stereocenters. The number of amides is 2. The second-order valence-corrected chi connectivity index (χ2v) is 8.17. The first kappa shape index (κ1) is 18.7. The topological polar surface area (TPSA) is 93.7 Å². The fourth-order valence-electron chi connectivity index (χ4n) is 5.20. The first-order valence-electron chi connectivity index (χ1n) is 10.1. The Bertz CT molecular complexity index is 1020. The lowest BCUT2D eigenvalue weighted by Gasteiger charge is -2.23. The monoisotopic (exact) mass is 406 g/mol. The normalized spacial score (nSPS) is 28.2. The third kappa shape index (κ3) is 3.10. The van der Waals surface area contributed by atoms with Crippen LogP contribution in [0.4, 0.5) is 11.4 Å². The van der Waals surface area contributed by atoms with Gasteiger partial charge in [-0.05, 0) is 55.2 Å². The number of rotatable bonds is 5. The highest BCUT2D eigenvalue weighted by Crippen LogP contribution is 2.57. The van der Waals surface area contributed by atoms with Gasteiger partial charge in [-0.1, -0.05) is 6.07 Å². The summed E-state index contributed by atoms with van der Waals surface area (Å²) in [4.78, 5) is 37.4. The van der Waals surface area contributed by atoms with Gasteiger partial charge in [0, 0.05) is 28.9 Å². The molecule has 0 spiro atoms. The number of carbonyl (C=O) groups is 3. The summed E-state index contributed by atoms with van der Waals surface area (Å²) < 4.78 is 10.6. The molecule has 2 aliphatic carbocycles. The van der Waals surface area contributed by atoms with Crippen molar-refractivity contribution in [3.8, 4) is 5.75 Å². The molecule has 2 amide bonds. The van der Waals surface area contributed by atoms with E-state index in [1.54, 1.807) is 55.6 Å². The van der Waals surface area contributed by atoms with Gasteiger partial charge < -0.3 is 20.1 Å². The van der Waals surface area contributed by atoms with E-state index in [-0.39, 0.29) is 47.6 Å². The van der Waals surface area contributed by atoms with Crippen molar-refractivity contribution in [3.63, 3.8) is 0 Å². The largest absolute Gasteiger partial charge is 0.497 e. The molecule has 0 radical (unpaired) electrons. The summed E-state index contributed by atoms with van der Waals surface area (Å²) in [5.41, 5.74) is 1.70. The summed E-state index contributed by atoms with van der Waals surface area (Å²) in [6.07, 6.45) is 1.69. The maximum Gasteiger partial charge on any atom is 0.310 e. The van der Waals surface area contributed by atoms with Crippen LogP contribution in [0.15, 0.2) is 48.5 Å². The van der Waals surface area contributed by atoms with Gasteiger partial charge in [0.2, 0.25) is 5.91 Å². The van der Waals surface area contributed by atoms with Gasteiger partial charge >= 0.3 is 5.97 Å². The Labute approximate surface area is 173 Å². The zero-order chi connectivity index (χ0) is 20.8. The highest BCUT2D eigenvalue weighted by atomic mass is 16.6. The van der Waals surface area contributed by atoms with E-state index in [9.17, 15) is 14.4 Å². The van der Waals surface area contributed by atoms with Crippen molar-refractivity contribution in [1.82, 2.24) is 0 Å². The Balaban J connectivity index is 1.23. The third-order valence-electron chi connectivity index (χ3n) is 6.53. The molecule has 1 aliphatic heterocycles. The molecule has 154 valence electrons. The summed E-state index contributed by atoms with van der Waals surface area (Å²) in [7, 11) is 1.57. The van der Waals surface area contributed by atoms with E-state index in [0.717, 1.165) is 12.8 Å². The highest BCUT2D eigenvalue weighted by molar-refractivity contribution is 6.05. The molecule has 2 aromatic carbocycles. The fourth-order valence-corrected chi connectivity index (χ4v) is 5.20. The zero-order valence-corrected chi connectivity index (χ0v) is 16.5. The molecule has 3 fully saturated rings. The summed E-state index contributed by atoms with van der Waals surface area (Å²) in [6, 6.07) is 13.8. The summed E-state index contributed by atoms with van der Waals surface area (Å²) >= 11 is 0. The van der Waals surface area contributed by atoms with Crippen molar-refractivity contribution in [1.29, 1.82) is 0 Å². The molecule has 2 aromatic rings. The number of hydrogen-bond acceptors (Lipinski definition) is 5. The van der Waals surface area contributed by atoms with Gasteiger partial charge in [0.15, 0.2) is 0 Å². The van der Waals surface area contributed by atoms with Gasteiger partial charge in [-0.2, -0.15) is 0 Å². The second kappa shape index (κ2) is 7.16. The van der Waals surface area contributed by atoms with Crippen LogP contribution in [0.3, 0.4) is 0 Å². The molecule has 7 heteroatoms. The first-order valence-corrected chi connectivity index (χ1v) is 10.1. The van der Waals surface area contributed by atoms with Crippen LogP contribution in [0.5, 0.6) is 5.75 Å². The highest BCUT2D eigenvalue weighted by Gasteiger charge is 2.63. The van der Waals surface area contributed by atoms with Crippen molar-refractivity contribution in [2.75, 3.05) is 17.7 Å². The summed E-state index contributed by atoms with van der Waals surface area (Å²) in [6.45, 7) is 0. The Hall–Kier alpha value is -3.35. The van der Waals surface area contributed by atoms with Gasteiger partial charge in [0.1, 0.15) is 11.9 Å².